The summed E-state index contributed by atoms with van der Waals surface area (Å²) < 4.78 is 16.1. The van der Waals surface area contributed by atoms with Gasteiger partial charge in [0.05, 0.1) is 22.7 Å². The minimum Gasteiger partial charge on any atom is -0.370 e. The van der Waals surface area contributed by atoms with E-state index in [1.165, 1.54) is 28.0 Å². The Balaban J connectivity index is 1.30. The summed E-state index contributed by atoms with van der Waals surface area (Å²) in [6, 6.07) is 14.1. The van der Waals surface area contributed by atoms with Gasteiger partial charge in [0.15, 0.2) is 5.82 Å². The van der Waals surface area contributed by atoms with E-state index in [0.717, 1.165) is 25.4 Å². The Hall–Kier alpha value is -3.89. The molecule has 1 atom stereocenters. The van der Waals surface area contributed by atoms with E-state index in [1.807, 2.05) is 36.6 Å². The quantitative estimate of drug-likeness (QED) is 0.302. The number of thiophene rings is 2. The molecule has 0 radical (unpaired) electrons. The number of halogens is 1. The summed E-state index contributed by atoms with van der Waals surface area (Å²) in [6.45, 7) is 2.20. The fourth-order valence-corrected chi connectivity index (χ4v) is 6.49. The van der Waals surface area contributed by atoms with Crippen molar-refractivity contribution >= 4 is 44.4 Å². The molecule has 10 heteroatoms. The summed E-state index contributed by atoms with van der Waals surface area (Å²) >= 11 is 3.07. The molecule has 5 heterocycles. The molecular formula is C28H24FN5O2S2. The molecule has 0 bridgehead atoms. The average Bonchev–Trinajstić information content (AvgIpc) is 3.60. The predicted octanol–water partition coefficient (Wildman–Crippen LogP) is 5.31. The Morgan fingerprint density at radius 3 is 2.84 bits per heavy atom. The number of carbonyl (C=O) groups is 1. The van der Waals surface area contributed by atoms with Crippen LogP contribution in [-0.4, -0.2) is 20.4 Å². The zero-order chi connectivity index (χ0) is 26.3. The topological polar surface area (TPSA) is 88.9 Å². The average molecular weight is 546 g/mol. The number of hydrogen-bond acceptors (Lipinski definition) is 7. The second-order valence-electron chi connectivity index (χ2n) is 9.49. The first-order chi connectivity index (χ1) is 18.4. The summed E-state index contributed by atoms with van der Waals surface area (Å²) in [5, 5.41) is 9.29. The molecule has 1 amide bonds. The van der Waals surface area contributed by atoms with Gasteiger partial charge in [-0.3, -0.25) is 19.1 Å². The number of carbonyl (C=O) groups excluding carboxylic acids is 1. The van der Waals surface area contributed by atoms with Gasteiger partial charge in [0.1, 0.15) is 18.0 Å². The molecule has 0 saturated carbocycles. The Morgan fingerprint density at radius 2 is 2.08 bits per heavy atom. The smallest absolute Gasteiger partial charge is 0.277 e. The summed E-state index contributed by atoms with van der Waals surface area (Å²) in [7, 11) is 0. The van der Waals surface area contributed by atoms with Gasteiger partial charge < -0.3 is 10.6 Å². The maximum absolute atomic E-state index is 13.9. The fourth-order valence-electron chi connectivity index (χ4n) is 4.80. The summed E-state index contributed by atoms with van der Waals surface area (Å²) in [4.78, 5) is 37.7. The van der Waals surface area contributed by atoms with Crippen LogP contribution in [0.15, 0.2) is 71.1 Å². The lowest BCUT2D eigenvalue weighted by Crippen LogP contribution is -2.42. The molecule has 192 valence electrons. The fraction of sp³-hybridized carbons (Fsp3) is 0.214. The molecule has 0 unspecified atom stereocenters. The standard InChI is InChI=1S/C28H24FN5O2S2/c1-28(18-4-6-19(29)7-5-18)10-8-21-25(33-28)27(36)34(26(32-21)23-3-2-12-37-23)16-24(35)31-15-20-13-17-14-30-11-9-22(17)38-20/h2-7,9,11-14,33H,8,10,15-16H2,1H3,(H,31,35)/t28-/m1/s1. The predicted molar refractivity (Wildman–Crippen MR) is 149 cm³/mol. The van der Waals surface area contributed by atoms with Gasteiger partial charge >= 0.3 is 0 Å². The number of nitrogens with zero attached hydrogens (tertiary/aromatic N) is 3. The molecule has 6 rings (SSSR count). The molecule has 1 aromatic carbocycles. The third-order valence-corrected chi connectivity index (χ3v) is 8.84. The van der Waals surface area contributed by atoms with E-state index in [0.29, 0.717) is 36.6 Å². The number of pyridine rings is 1. The van der Waals surface area contributed by atoms with Gasteiger partial charge in [-0.1, -0.05) is 18.2 Å². The number of hydrogen-bond donors (Lipinski definition) is 2. The van der Waals surface area contributed by atoms with Crippen molar-refractivity contribution in [3.05, 3.63) is 98.6 Å². The zero-order valence-electron chi connectivity index (χ0n) is 20.5. The van der Waals surface area contributed by atoms with Gasteiger partial charge in [-0.2, -0.15) is 0 Å². The molecular weight excluding hydrogens is 521 g/mol. The van der Waals surface area contributed by atoms with Gasteiger partial charge in [-0.25, -0.2) is 9.37 Å². The summed E-state index contributed by atoms with van der Waals surface area (Å²) in [6.07, 6.45) is 4.82. The third-order valence-electron chi connectivity index (χ3n) is 6.86. The van der Waals surface area contributed by atoms with Crippen LogP contribution in [0.5, 0.6) is 0 Å². The number of anilines is 1. The molecule has 0 spiro atoms. The Labute approximate surface area is 226 Å². The van der Waals surface area contributed by atoms with E-state index >= 15 is 0 Å². The minimum atomic E-state index is -0.567. The van der Waals surface area contributed by atoms with Crippen molar-refractivity contribution in [1.82, 2.24) is 19.9 Å². The first-order valence-electron chi connectivity index (χ1n) is 12.2. The van der Waals surface area contributed by atoms with Crippen LogP contribution < -0.4 is 16.2 Å². The minimum absolute atomic E-state index is 0.159. The molecule has 0 aliphatic carbocycles. The largest absolute Gasteiger partial charge is 0.370 e. The summed E-state index contributed by atoms with van der Waals surface area (Å²) in [5.74, 6) is -0.102. The van der Waals surface area contributed by atoms with Crippen molar-refractivity contribution in [3.63, 3.8) is 0 Å². The first kappa shape index (κ1) is 24.4. The molecule has 2 N–H and O–H groups in total. The first-order valence-corrected chi connectivity index (χ1v) is 13.9. The number of fused-ring (bicyclic) bond motifs is 2. The Morgan fingerprint density at radius 1 is 1.24 bits per heavy atom. The van der Waals surface area contributed by atoms with Crippen LogP contribution in [0.4, 0.5) is 10.1 Å². The lowest BCUT2D eigenvalue weighted by atomic mass is 9.83. The van der Waals surface area contributed by atoms with Crippen molar-refractivity contribution in [2.24, 2.45) is 0 Å². The highest BCUT2D eigenvalue weighted by atomic mass is 32.1. The highest BCUT2D eigenvalue weighted by molar-refractivity contribution is 7.19. The van der Waals surface area contributed by atoms with Crippen molar-refractivity contribution < 1.29 is 9.18 Å². The van der Waals surface area contributed by atoms with Crippen LogP contribution in [0.2, 0.25) is 0 Å². The number of nitrogens with one attached hydrogen (secondary N) is 2. The molecule has 1 aliphatic heterocycles. The Bertz CT molecular complexity index is 1660. The number of rotatable bonds is 6. The van der Waals surface area contributed by atoms with Crippen molar-refractivity contribution in [3.8, 4) is 10.7 Å². The van der Waals surface area contributed by atoms with E-state index in [4.69, 9.17) is 4.98 Å². The zero-order valence-corrected chi connectivity index (χ0v) is 22.2. The molecule has 7 nitrogen and oxygen atoms in total. The van der Waals surface area contributed by atoms with Crippen LogP contribution in [0.25, 0.3) is 20.8 Å². The second kappa shape index (κ2) is 9.77. The van der Waals surface area contributed by atoms with Crippen LogP contribution in [0.3, 0.4) is 0 Å². The van der Waals surface area contributed by atoms with E-state index in [1.54, 1.807) is 35.9 Å². The Kier molecular flexibility index (Phi) is 6.29. The van der Waals surface area contributed by atoms with Crippen LogP contribution in [-0.2, 0) is 29.8 Å². The van der Waals surface area contributed by atoms with Gasteiger partial charge in [0.2, 0.25) is 5.91 Å². The third kappa shape index (κ3) is 4.61. The van der Waals surface area contributed by atoms with E-state index < -0.39 is 5.54 Å². The normalized spacial score (nSPS) is 16.7. The van der Waals surface area contributed by atoms with E-state index in [-0.39, 0.29) is 23.8 Å². The van der Waals surface area contributed by atoms with Gasteiger partial charge in [0, 0.05) is 27.4 Å². The second-order valence-corrected chi connectivity index (χ2v) is 11.6. The van der Waals surface area contributed by atoms with Crippen LogP contribution in [0, 0.1) is 5.82 Å². The molecule has 4 aromatic heterocycles. The molecule has 38 heavy (non-hydrogen) atoms. The number of aromatic nitrogens is 3. The number of aryl methyl sites for hydroxylation is 1. The molecule has 5 aromatic rings. The molecule has 1 aliphatic rings. The van der Waals surface area contributed by atoms with Crippen molar-refractivity contribution in [2.75, 3.05) is 5.32 Å². The maximum atomic E-state index is 13.9. The highest BCUT2D eigenvalue weighted by Gasteiger charge is 2.34. The SMILES string of the molecule is C[C@]1(c2ccc(F)cc2)CCc2nc(-c3cccs3)n(CC(=O)NCc3cc4cnccc4s3)c(=O)c2N1. The van der Waals surface area contributed by atoms with Crippen LogP contribution >= 0.6 is 22.7 Å². The molecule has 0 fully saturated rings. The molecule has 0 saturated heterocycles. The lowest BCUT2D eigenvalue weighted by molar-refractivity contribution is -0.121. The van der Waals surface area contributed by atoms with Crippen molar-refractivity contribution in [2.45, 2.75) is 38.4 Å². The lowest BCUT2D eigenvalue weighted by Gasteiger charge is -2.37. The maximum Gasteiger partial charge on any atom is 0.277 e. The van der Waals surface area contributed by atoms with Gasteiger partial charge in [-0.15, -0.1) is 22.7 Å². The number of amides is 1. The van der Waals surface area contributed by atoms with Gasteiger partial charge in [0.25, 0.3) is 5.56 Å². The number of benzene rings is 1. The van der Waals surface area contributed by atoms with E-state index in [2.05, 4.69) is 15.6 Å². The monoisotopic (exact) mass is 545 g/mol. The van der Waals surface area contributed by atoms with Crippen molar-refractivity contribution in [1.29, 1.82) is 0 Å². The highest BCUT2D eigenvalue weighted by Crippen LogP contribution is 2.36. The van der Waals surface area contributed by atoms with Gasteiger partial charge in [-0.05, 0) is 61.0 Å². The van der Waals surface area contributed by atoms with Crippen LogP contribution in [0.1, 0.15) is 29.5 Å². The summed E-state index contributed by atoms with van der Waals surface area (Å²) in [5.41, 5.74) is 1.08. The van der Waals surface area contributed by atoms with E-state index in [9.17, 15) is 14.0 Å².